The maximum Gasteiger partial charge on any atom is 0.123 e. The summed E-state index contributed by atoms with van der Waals surface area (Å²) in [6, 6.07) is 6.06. The topological polar surface area (TPSA) is 32.7 Å². The monoisotopic (exact) mass is 253 g/mol. The fourth-order valence-corrected chi connectivity index (χ4v) is 2.51. The summed E-state index contributed by atoms with van der Waals surface area (Å²) in [4.78, 5) is 2.14. The summed E-state index contributed by atoms with van der Waals surface area (Å²) in [5.41, 5.74) is -0.286. The molecule has 2 unspecified atom stereocenters. The highest BCUT2D eigenvalue weighted by atomic mass is 19.1. The molecule has 0 aromatic heterocycles. The minimum absolute atomic E-state index is 0.272. The lowest BCUT2D eigenvalue weighted by Crippen LogP contribution is -2.53. The van der Waals surface area contributed by atoms with Gasteiger partial charge in [0, 0.05) is 19.7 Å². The Labute approximate surface area is 107 Å². The average molecular weight is 253 g/mol. The second kappa shape index (κ2) is 5.34. The van der Waals surface area contributed by atoms with Gasteiger partial charge in [0.25, 0.3) is 0 Å². The SMILES string of the molecule is CCOC1CN(C)CCC1(O)c1ccc(F)cc1. The molecule has 2 rings (SSSR count). The van der Waals surface area contributed by atoms with E-state index in [1.165, 1.54) is 12.1 Å². The van der Waals surface area contributed by atoms with Crippen molar-refractivity contribution in [3.63, 3.8) is 0 Å². The normalized spacial score (nSPS) is 29.4. The van der Waals surface area contributed by atoms with E-state index >= 15 is 0 Å². The third-order valence-electron chi connectivity index (χ3n) is 3.60. The van der Waals surface area contributed by atoms with Crippen LogP contribution in [-0.4, -0.2) is 42.9 Å². The number of benzene rings is 1. The van der Waals surface area contributed by atoms with E-state index in [4.69, 9.17) is 4.74 Å². The Morgan fingerprint density at radius 3 is 2.72 bits per heavy atom. The number of ether oxygens (including phenoxy) is 1. The predicted octanol–water partition coefficient (Wildman–Crippen LogP) is 1.75. The van der Waals surface area contributed by atoms with Gasteiger partial charge in [-0.15, -0.1) is 0 Å². The number of hydrogen-bond acceptors (Lipinski definition) is 3. The Kier molecular flexibility index (Phi) is 4.00. The van der Waals surface area contributed by atoms with Crippen molar-refractivity contribution in [3.05, 3.63) is 35.6 Å². The molecule has 3 nitrogen and oxygen atoms in total. The molecule has 0 aliphatic carbocycles. The number of nitrogens with zero attached hydrogens (tertiary/aromatic N) is 1. The van der Waals surface area contributed by atoms with Gasteiger partial charge in [0.05, 0.1) is 0 Å². The van der Waals surface area contributed by atoms with Crippen LogP contribution in [0.5, 0.6) is 0 Å². The lowest BCUT2D eigenvalue weighted by molar-refractivity contribution is -0.146. The van der Waals surface area contributed by atoms with Gasteiger partial charge >= 0.3 is 0 Å². The molecule has 0 saturated carbocycles. The molecule has 100 valence electrons. The molecule has 1 aliphatic rings. The van der Waals surface area contributed by atoms with Crippen LogP contribution in [0.15, 0.2) is 24.3 Å². The molecule has 1 heterocycles. The van der Waals surface area contributed by atoms with Crippen molar-refractivity contribution in [1.82, 2.24) is 4.90 Å². The Balaban J connectivity index is 2.28. The number of aliphatic hydroxyl groups is 1. The molecule has 1 fully saturated rings. The van der Waals surface area contributed by atoms with Gasteiger partial charge in [0.15, 0.2) is 0 Å². The smallest absolute Gasteiger partial charge is 0.123 e. The lowest BCUT2D eigenvalue weighted by Gasteiger charge is -2.43. The first-order chi connectivity index (χ1) is 8.56. The molecule has 0 bridgehead atoms. The zero-order valence-corrected chi connectivity index (χ0v) is 10.9. The quantitative estimate of drug-likeness (QED) is 0.891. The highest BCUT2D eigenvalue weighted by Crippen LogP contribution is 2.34. The van der Waals surface area contributed by atoms with E-state index in [1.807, 2.05) is 14.0 Å². The Hall–Kier alpha value is -0.970. The summed E-state index contributed by atoms with van der Waals surface area (Å²) in [5.74, 6) is -0.289. The molecule has 1 saturated heterocycles. The molecule has 1 aromatic carbocycles. The molecule has 4 heteroatoms. The Morgan fingerprint density at radius 1 is 1.44 bits per heavy atom. The highest BCUT2D eigenvalue weighted by Gasteiger charge is 2.42. The number of hydrogen-bond donors (Lipinski definition) is 1. The zero-order chi connectivity index (χ0) is 13.2. The second-order valence-corrected chi connectivity index (χ2v) is 4.89. The molecular weight excluding hydrogens is 233 g/mol. The Bertz CT molecular complexity index is 395. The van der Waals surface area contributed by atoms with E-state index in [0.717, 1.165) is 12.1 Å². The van der Waals surface area contributed by atoms with E-state index in [-0.39, 0.29) is 11.9 Å². The first-order valence-electron chi connectivity index (χ1n) is 6.35. The van der Waals surface area contributed by atoms with Crippen LogP contribution >= 0.6 is 0 Å². The summed E-state index contributed by atoms with van der Waals surface area (Å²) in [6.07, 6.45) is 0.325. The number of rotatable bonds is 3. The van der Waals surface area contributed by atoms with Gasteiger partial charge in [0.1, 0.15) is 17.5 Å². The minimum atomic E-state index is -1.02. The van der Waals surface area contributed by atoms with Crippen LogP contribution in [0.3, 0.4) is 0 Å². The first kappa shape index (κ1) is 13.5. The van der Waals surface area contributed by atoms with E-state index in [0.29, 0.717) is 19.6 Å². The van der Waals surface area contributed by atoms with Crippen molar-refractivity contribution in [2.24, 2.45) is 0 Å². The summed E-state index contributed by atoms with van der Waals surface area (Å²) in [7, 11) is 2.01. The standard InChI is InChI=1S/C14H20FNO2/c1-3-18-13-10-16(2)9-8-14(13,17)11-4-6-12(15)7-5-11/h4-7,13,17H,3,8-10H2,1-2H3. The van der Waals surface area contributed by atoms with Crippen molar-refractivity contribution < 1.29 is 14.2 Å². The van der Waals surface area contributed by atoms with Crippen LogP contribution in [0.2, 0.25) is 0 Å². The van der Waals surface area contributed by atoms with Gasteiger partial charge in [0.2, 0.25) is 0 Å². The van der Waals surface area contributed by atoms with E-state index < -0.39 is 5.60 Å². The summed E-state index contributed by atoms with van der Waals surface area (Å²) in [5, 5.41) is 10.9. The van der Waals surface area contributed by atoms with Gasteiger partial charge < -0.3 is 14.7 Å². The molecular formula is C14H20FNO2. The van der Waals surface area contributed by atoms with Gasteiger partial charge in [-0.05, 0) is 38.1 Å². The molecule has 18 heavy (non-hydrogen) atoms. The van der Waals surface area contributed by atoms with Gasteiger partial charge in [-0.25, -0.2) is 4.39 Å². The maximum absolute atomic E-state index is 13.0. The predicted molar refractivity (Wildman–Crippen MR) is 67.8 cm³/mol. The molecule has 2 atom stereocenters. The summed E-state index contributed by atoms with van der Waals surface area (Å²) < 4.78 is 18.6. The molecule has 1 aliphatic heterocycles. The van der Waals surface area contributed by atoms with Crippen molar-refractivity contribution in [2.45, 2.75) is 25.0 Å². The number of likely N-dealkylation sites (N-methyl/N-ethyl adjacent to an activating group) is 1. The van der Waals surface area contributed by atoms with Gasteiger partial charge in [-0.2, -0.15) is 0 Å². The van der Waals surface area contributed by atoms with Crippen molar-refractivity contribution >= 4 is 0 Å². The van der Waals surface area contributed by atoms with Crippen molar-refractivity contribution in [2.75, 3.05) is 26.7 Å². The zero-order valence-electron chi connectivity index (χ0n) is 10.9. The summed E-state index contributed by atoms with van der Waals surface area (Å²) >= 11 is 0. The van der Waals surface area contributed by atoms with E-state index in [2.05, 4.69) is 4.90 Å². The third-order valence-corrected chi connectivity index (χ3v) is 3.60. The average Bonchev–Trinajstić information content (AvgIpc) is 2.35. The minimum Gasteiger partial charge on any atom is -0.382 e. The van der Waals surface area contributed by atoms with Gasteiger partial charge in [-0.1, -0.05) is 12.1 Å². The van der Waals surface area contributed by atoms with Gasteiger partial charge in [-0.3, -0.25) is 0 Å². The van der Waals surface area contributed by atoms with Crippen LogP contribution in [-0.2, 0) is 10.3 Å². The van der Waals surface area contributed by atoms with Crippen molar-refractivity contribution in [3.8, 4) is 0 Å². The first-order valence-corrected chi connectivity index (χ1v) is 6.35. The van der Waals surface area contributed by atoms with Crippen LogP contribution < -0.4 is 0 Å². The second-order valence-electron chi connectivity index (χ2n) is 4.89. The molecule has 0 amide bonds. The number of piperidine rings is 1. The third kappa shape index (κ3) is 2.55. The van der Waals surface area contributed by atoms with Crippen molar-refractivity contribution in [1.29, 1.82) is 0 Å². The molecule has 0 spiro atoms. The fraction of sp³-hybridized carbons (Fsp3) is 0.571. The Morgan fingerprint density at radius 2 is 2.11 bits per heavy atom. The number of halogens is 1. The highest BCUT2D eigenvalue weighted by molar-refractivity contribution is 5.25. The lowest BCUT2D eigenvalue weighted by atomic mass is 9.82. The van der Waals surface area contributed by atoms with E-state index in [9.17, 15) is 9.50 Å². The fourth-order valence-electron chi connectivity index (χ4n) is 2.51. The largest absolute Gasteiger partial charge is 0.382 e. The number of likely N-dealkylation sites (tertiary alicyclic amines) is 1. The van der Waals surface area contributed by atoms with E-state index in [1.54, 1.807) is 12.1 Å². The molecule has 1 aromatic rings. The molecule has 0 radical (unpaired) electrons. The van der Waals surface area contributed by atoms with Crippen LogP contribution in [0.4, 0.5) is 4.39 Å². The van der Waals surface area contributed by atoms with Crippen LogP contribution in [0.1, 0.15) is 18.9 Å². The van der Waals surface area contributed by atoms with Crippen LogP contribution in [0.25, 0.3) is 0 Å². The maximum atomic E-state index is 13.0. The van der Waals surface area contributed by atoms with Crippen LogP contribution in [0, 0.1) is 5.82 Å². The summed E-state index contributed by atoms with van der Waals surface area (Å²) in [6.45, 7) is 3.96. The molecule has 1 N–H and O–H groups in total.